The van der Waals surface area contributed by atoms with Gasteiger partial charge < -0.3 is 19.6 Å². The molecule has 0 aliphatic carbocycles. The van der Waals surface area contributed by atoms with Gasteiger partial charge in [0.25, 0.3) is 0 Å². The number of pyridine rings is 1. The molecule has 242 valence electrons. The number of carboxylic acid groups (broad SMARTS) is 1. The molecule has 1 N–H and O–H groups in total. The lowest BCUT2D eigenvalue weighted by Crippen LogP contribution is -2.55. The highest BCUT2D eigenvalue weighted by Gasteiger charge is 2.33. The van der Waals surface area contributed by atoms with Crippen LogP contribution in [0, 0.1) is 12.7 Å². The van der Waals surface area contributed by atoms with Crippen LogP contribution in [-0.4, -0.2) is 67.9 Å². The Morgan fingerprint density at radius 3 is 2.41 bits per heavy atom. The third kappa shape index (κ3) is 6.28. The topological polar surface area (TPSA) is 118 Å². The summed E-state index contributed by atoms with van der Waals surface area (Å²) in [6.07, 6.45) is -0.423. The number of halogens is 2. The molecule has 4 aromatic rings. The van der Waals surface area contributed by atoms with Crippen LogP contribution in [0.3, 0.4) is 0 Å². The average molecular weight is 650 g/mol. The van der Waals surface area contributed by atoms with E-state index in [4.69, 9.17) is 21.3 Å². The summed E-state index contributed by atoms with van der Waals surface area (Å²) in [5, 5.41) is 10.4. The molecule has 12 heteroatoms. The molecule has 1 atom stereocenters. The van der Waals surface area contributed by atoms with Gasteiger partial charge in [-0.1, -0.05) is 37.6 Å². The second-order valence-corrected chi connectivity index (χ2v) is 13.3. The maximum Gasteiger partial charge on any atom is 0.410 e. The van der Waals surface area contributed by atoms with Crippen molar-refractivity contribution in [2.75, 3.05) is 24.5 Å². The Kier molecular flexibility index (Phi) is 8.83. The van der Waals surface area contributed by atoms with Crippen LogP contribution in [0.5, 0.6) is 0 Å². The van der Waals surface area contributed by atoms with Crippen LogP contribution in [0.25, 0.3) is 28.0 Å². The van der Waals surface area contributed by atoms with Gasteiger partial charge in [-0.2, -0.15) is 4.98 Å². The van der Waals surface area contributed by atoms with E-state index in [1.807, 2.05) is 46.4 Å². The molecule has 0 bridgehead atoms. The molecule has 10 nitrogen and oxygen atoms in total. The van der Waals surface area contributed by atoms with Crippen molar-refractivity contribution in [2.24, 2.45) is 0 Å². The highest BCUT2D eigenvalue weighted by atomic mass is 35.5. The fraction of sp³-hybridized carbons (Fsp3) is 0.382. The maximum absolute atomic E-state index is 15.1. The molecule has 1 fully saturated rings. The number of rotatable bonds is 5. The largest absolute Gasteiger partial charge is 0.478 e. The summed E-state index contributed by atoms with van der Waals surface area (Å²) in [7, 11) is 0. The van der Waals surface area contributed by atoms with Crippen molar-refractivity contribution < 1.29 is 23.8 Å². The van der Waals surface area contributed by atoms with E-state index in [0.29, 0.717) is 47.7 Å². The zero-order valence-corrected chi connectivity index (χ0v) is 27.6. The number of fused-ring (bicyclic) bond motifs is 1. The SMILES string of the molecule is Cc1cc(C(=O)O)cc(C(C)C)c1-n1c(=O)nc(N2CCN(C(=O)OC(C)(C)C)C[C@@H]2C)c2cc(Cl)c(-c3ccccc3F)nc21. The Bertz CT molecular complexity index is 1920. The summed E-state index contributed by atoms with van der Waals surface area (Å²) in [5.74, 6) is -1.47. The minimum Gasteiger partial charge on any atom is -0.478 e. The van der Waals surface area contributed by atoms with Crippen LogP contribution in [0.2, 0.25) is 5.02 Å². The number of aryl methyl sites for hydroxylation is 1. The molecule has 46 heavy (non-hydrogen) atoms. The van der Waals surface area contributed by atoms with E-state index in [1.54, 1.807) is 42.2 Å². The van der Waals surface area contributed by atoms with Gasteiger partial charge in [0.15, 0.2) is 5.65 Å². The molecule has 1 aliphatic heterocycles. The maximum atomic E-state index is 15.1. The molecule has 0 spiro atoms. The van der Waals surface area contributed by atoms with Crippen LogP contribution in [0.4, 0.5) is 15.0 Å². The number of hydrogen-bond donors (Lipinski definition) is 1. The van der Waals surface area contributed by atoms with Crippen LogP contribution >= 0.6 is 11.6 Å². The number of carbonyl (C=O) groups is 2. The fourth-order valence-corrected chi connectivity index (χ4v) is 6.06. The van der Waals surface area contributed by atoms with Crippen molar-refractivity contribution in [1.82, 2.24) is 19.4 Å². The van der Waals surface area contributed by atoms with E-state index in [1.165, 1.54) is 16.7 Å². The van der Waals surface area contributed by atoms with E-state index in [-0.39, 0.29) is 39.5 Å². The molecule has 0 unspecified atom stereocenters. The highest BCUT2D eigenvalue weighted by molar-refractivity contribution is 6.33. The third-order valence-electron chi connectivity index (χ3n) is 7.90. The highest BCUT2D eigenvalue weighted by Crippen LogP contribution is 2.37. The van der Waals surface area contributed by atoms with Crippen molar-refractivity contribution in [3.8, 4) is 16.9 Å². The summed E-state index contributed by atoms with van der Waals surface area (Å²) in [5.41, 5.74) is 0.883. The third-order valence-corrected chi connectivity index (χ3v) is 8.19. The van der Waals surface area contributed by atoms with E-state index in [9.17, 15) is 19.5 Å². The predicted molar refractivity (Wildman–Crippen MR) is 176 cm³/mol. The van der Waals surface area contributed by atoms with Gasteiger partial charge >= 0.3 is 17.8 Å². The van der Waals surface area contributed by atoms with Gasteiger partial charge in [0, 0.05) is 31.2 Å². The first-order valence-corrected chi connectivity index (χ1v) is 15.5. The quantitative estimate of drug-likeness (QED) is 0.250. The van der Waals surface area contributed by atoms with Gasteiger partial charge in [0.1, 0.15) is 17.2 Å². The molecule has 0 saturated carbocycles. The smallest absolute Gasteiger partial charge is 0.410 e. The molecule has 1 saturated heterocycles. The monoisotopic (exact) mass is 649 g/mol. The van der Waals surface area contributed by atoms with Crippen LogP contribution in [0.1, 0.15) is 68.9 Å². The number of benzene rings is 2. The second kappa shape index (κ2) is 12.4. The van der Waals surface area contributed by atoms with Crippen LogP contribution in [0.15, 0.2) is 47.3 Å². The van der Waals surface area contributed by atoms with Crippen molar-refractivity contribution in [3.05, 3.63) is 80.5 Å². The Morgan fingerprint density at radius 2 is 1.80 bits per heavy atom. The lowest BCUT2D eigenvalue weighted by atomic mass is 9.95. The Labute approximate surface area is 271 Å². The first-order valence-electron chi connectivity index (χ1n) is 15.1. The Hall–Kier alpha value is -4.51. The van der Waals surface area contributed by atoms with Gasteiger partial charge in [0.2, 0.25) is 0 Å². The zero-order chi connectivity index (χ0) is 33.7. The van der Waals surface area contributed by atoms with E-state index >= 15 is 4.39 Å². The molecular formula is C34H37ClFN5O5. The summed E-state index contributed by atoms with van der Waals surface area (Å²) in [6.45, 7) is 13.9. The van der Waals surface area contributed by atoms with Gasteiger partial charge in [-0.15, -0.1) is 0 Å². The first-order chi connectivity index (χ1) is 21.6. The normalized spacial score (nSPS) is 15.5. The molecule has 5 rings (SSSR count). The first kappa shape index (κ1) is 32.9. The van der Waals surface area contributed by atoms with Crippen LogP contribution < -0.4 is 10.6 Å². The number of anilines is 1. The molecule has 2 aromatic carbocycles. The minimum atomic E-state index is -1.09. The number of hydrogen-bond acceptors (Lipinski definition) is 7. The zero-order valence-electron chi connectivity index (χ0n) is 26.9. The minimum absolute atomic E-state index is 0.0895. The fourth-order valence-electron chi connectivity index (χ4n) is 5.81. The average Bonchev–Trinajstić information content (AvgIpc) is 2.96. The van der Waals surface area contributed by atoms with Gasteiger partial charge in [-0.05, 0) is 82.0 Å². The molecule has 2 aromatic heterocycles. The number of aromatic nitrogens is 3. The van der Waals surface area contributed by atoms with Gasteiger partial charge in [-0.25, -0.2) is 28.3 Å². The number of carboxylic acids is 1. The number of piperazine rings is 1. The lowest BCUT2D eigenvalue weighted by Gasteiger charge is -2.41. The summed E-state index contributed by atoms with van der Waals surface area (Å²) < 4.78 is 22.0. The predicted octanol–water partition coefficient (Wildman–Crippen LogP) is 6.82. The van der Waals surface area contributed by atoms with Crippen molar-refractivity contribution in [3.63, 3.8) is 0 Å². The molecule has 1 aliphatic rings. The molecule has 3 heterocycles. The second-order valence-electron chi connectivity index (χ2n) is 12.9. The summed E-state index contributed by atoms with van der Waals surface area (Å²) in [6, 6.07) is 10.5. The number of carbonyl (C=O) groups excluding carboxylic acids is 1. The Balaban J connectivity index is 1.75. The number of amides is 1. The molecular weight excluding hydrogens is 613 g/mol. The molecule has 1 amide bonds. The Morgan fingerprint density at radius 1 is 1.11 bits per heavy atom. The lowest BCUT2D eigenvalue weighted by molar-refractivity contribution is 0.0218. The van der Waals surface area contributed by atoms with Crippen LogP contribution in [-0.2, 0) is 4.74 Å². The molecule has 0 radical (unpaired) electrons. The van der Waals surface area contributed by atoms with E-state index < -0.39 is 29.2 Å². The van der Waals surface area contributed by atoms with Crippen molar-refractivity contribution in [1.29, 1.82) is 0 Å². The summed E-state index contributed by atoms with van der Waals surface area (Å²) in [4.78, 5) is 51.8. The van der Waals surface area contributed by atoms with E-state index in [2.05, 4.69) is 4.98 Å². The van der Waals surface area contributed by atoms with E-state index in [0.717, 1.165) is 0 Å². The summed E-state index contributed by atoms with van der Waals surface area (Å²) >= 11 is 6.79. The van der Waals surface area contributed by atoms with Crippen molar-refractivity contribution >= 4 is 40.5 Å². The standard InChI is InChI=1S/C34H37ClFN5O5/c1-18(2)23-15-21(31(42)43)14-19(3)28(23)41-30-24(16-25(35)27(37-30)22-10-8-9-11-26(22)36)29(38-32(41)44)40-13-12-39(17-20(40)4)33(45)46-34(5,6)7/h8-11,14-16,18,20H,12-13,17H2,1-7H3,(H,42,43)/t20-/m0/s1. The number of aromatic carboxylic acids is 1. The van der Waals surface area contributed by atoms with Gasteiger partial charge in [0.05, 0.1) is 27.4 Å². The van der Waals surface area contributed by atoms with Gasteiger partial charge in [-0.3, -0.25) is 0 Å². The number of ether oxygens (including phenoxy) is 1. The van der Waals surface area contributed by atoms with Crippen molar-refractivity contribution in [2.45, 2.75) is 66.0 Å². The number of nitrogens with zero attached hydrogens (tertiary/aromatic N) is 5.